The third kappa shape index (κ3) is 2.90. The Bertz CT molecular complexity index is 427. The summed E-state index contributed by atoms with van der Waals surface area (Å²) in [6.07, 6.45) is 0.0427. The van der Waals surface area contributed by atoms with Gasteiger partial charge in [0.05, 0.1) is 11.7 Å². The Morgan fingerprint density at radius 1 is 1.53 bits per heavy atom. The van der Waals surface area contributed by atoms with Gasteiger partial charge in [-0.3, -0.25) is 4.79 Å². The molecule has 94 valence electrons. The van der Waals surface area contributed by atoms with E-state index in [1.807, 2.05) is 20.8 Å². The van der Waals surface area contributed by atoms with E-state index < -0.39 is 0 Å². The summed E-state index contributed by atoms with van der Waals surface area (Å²) in [5, 5.41) is 0. The molecule has 0 aliphatic carbocycles. The Balaban J connectivity index is 2.14. The Kier molecular flexibility index (Phi) is 3.32. The molecule has 0 saturated carbocycles. The lowest BCUT2D eigenvalue weighted by Gasteiger charge is -2.41. The summed E-state index contributed by atoms with van der Waals surface area (Å²) in [5.74, 6) is 0.278. The van der Waals surface area contributed by atoms with Gasteiger partial charge in [-0.25, -0.2) is 0 Å². The number of carbonyl (C=O) groups is 1. The first-order valence-electron chi connectivity index (χ1n) is 5.60. The van der Waals surface area contributed by atoms with Crippen LogP contribution >= 0.6 is 15.9 Å². The number of carbonyl (C=O) groups excluding carboxylic acids is 1. The molecule has 0 unspecified atom stereocenters. The quantitative estimate of drug-likeness (QED) is 0.801. The normalized spacial score (nSPS) is 23.8. The summed E-state index contributed by atoms with van der Waals surface area (Å²) in [6.45, 7) is 7.12. The lowest BCUT2D eigenvalue weighted by molar-refractivity contribution is -0.119. The summed E-state index contributed by atoms with van der Waals surface area (Å²) in [7, 11) is 0. The van der Waals surface area contributed by atoms with Crippen molar-refractivity contribution in [3.05, 3.63) is 22.6 Å². The van der Waals surface area contributed by atoms with Crippen molar-refractivity contribution in [1.29, 1.82) is 0 Å². The minimum absolute atomic E-state index is 0.0427. The number of nitrogens with zero attached hydrogens (tertiary/aromatic N) is 1. The van der Waals surface area contributed by atoms with E-state index in [4.69, 9.17) is 9.15 Å². The molecule has 0 bridgehead atoms. The number of ether oxygens (including phenoxy) is 1. The van der Waals surface area contributed by atoms with Gasteiger partial charge >= 0.3 is 0 Å². The maximum atomic E-state index is 12.2. The molecular formula is C12H16BrNO3. The lowest BCUT2D eigenvalue weighted by Crippen LogP contribution is -2.53. The highest BCUT2D eigenvalue weighted by molar-refractivity contribution is 9.10. The maximum Gasteiger partial charge on any atom is 0.289 e. The molecule has 2 rings (SSSR count). The monoisotopic (exact) mass is 301 g/mol. The Labute approximate surface area is 109 Å². The first-order chi connectivity index (χ1) is 7.87. The zero-order valence-electron chi connectivity index (χ0n) is 10.2. The van der Waals surface area contributed by atoms with Crippen LogP contribution in [0, 0.1) is 0 Å². The molecule has 1 fully saturated rings. The topological polar surface area (TPSA) is 42.7 Å². The average molecular weight is 302 g/mol. The number of rotatable bonds is 1. The predicted molar refractivity (Wildman–Crippen MR) is 66.9 cm³/mol. The molecule has 1 aromatic rings. The molecule has 0 aromatic carbocycles. The van der Waals surface area contributed by atoms with Crippen molar-refractivity contribution in [2.45, 2.75) is 32.5 Å². The molecule has 0 spiro atoms. The van der Waals surface area contributed by atoms with Gasteiger partial charge in [-0.05, 0) is 48.8 Å². The van der Waals surface area contributed by atoms with Gasteiger partial charge < -0.3 is 14.1 Å². The fourth-order valence-electron chi connectivity index (χ4n) is 2.19. The average Bonchev–Trinajstić information content (AvgIpc) is 2.60. The van der Waals surface area contributed by atoms with Gasteiger partial charge in [0.25, 0.3) is 5.91 Å². The Hall–Kier alpha value is -0.810. The van der Waals surface area contributed by atoms with E-state index in [0.717, 1.165) is 0 Å². The van der Waals surface area contributed by atoms with Crippen molar-refractivity contribution in [2.24, 2.45) is 0 Å². The van der Waals surface area contributed by atoms with Crippen LogP contribution in [0.2, 0.25) is 0 Å². The lowest BCUT2D eigenvalue weighted by atomic mass is 10.1. The highest BCUT2D eigenvalue weighted by atomic mass is 79.9. The highest BCUT2D eigenvalue weighted by Crippen LogP contribution is 2.23. The van der Waals surface area contributed by atoms with E-state index in [0.29, 0.717) is 23.5 Å². The van der Waals surface area contributed by atoms with Gasteiger partial charge in [0.1, 0.15) is 0 Å². The molecular weight excluding hydrogens is 286 g/mol. The third-order valence-electron chi connectivity index (χ3n) is 2.64. The van der Waals surface area contributed by atoms with Crippen LogP contribution < -0.4 is 0 Å². The second-order valence-corrected chi connectivity index (χ2v) is 5.76. The van der Waals surface area contributed by atoms with E-state index in [9.17, 15) is 4.79 Å². The minimum Gasteiger partial charge on any atom is -0.444 e. The Morgan fingerprint density at radius 2 is 2.24 bits per heavy atom. The van der Waals surface area contributed by atoms with Crippen molar-refractivity contribution in [1.82, 2.24) is 4.90 Å². The fourth-order valence-corrected chi connectivity index (χ4v) is 2.50. The van der Waals surface area contributed by atoms with Crippen molar-refractivity contribution in [2.75, 3.05) is 13.1 Å². The molecule has 1 aliphatic rings. The Morgan fingerprint density at radius 3 is 2.76 bits per heavy atom. The van der Waals surface area contributed by atoms with Crippen molar-refractivity contribution in [3.8, 4) is 0 Å². The van der Waals surface area contributed by atoms with Gasteiger partial charge in [0.15, 0.2) is 10.4 Å². The van der Waals surface area contributed by atoms with Crippen LogP contribution in [0.3, 0.4) is 0 Å². The third-order valence-corrected chi connectivity index (χ3v) is 3.07. The van der Waals surface area contributed by atoms with Crippen LogP contribution in [0.15, 0.2) is 21.2 Å². The highest BCUT2D eigenvalue weighted by Gasteiger charge is 2.34. The second-order valence-electron chi connectivity index (χ2n) is 4.98. The van der Waals surface area contributed by atoms with Crippen LogP contribution in [-0.2, 0) is 4.74 Å². The van der Waals surface area contributed by atoms with Crippen molar-refractivity contribution < 1.29 is 13.9 Å². The van der Waals surface area contributed by atoms with Gasteiger partial charge in [-0.15, -0.1) is 0 Å². The van der Waals surface area contributed by atoms with Crippen molar-refractivity contribution >= 4 is 21.8 Å². The molecule has 2 heterocycles. The van der Waals surface area contributed by atoms with Crippen molar-refractivity contribution in [3.63, 3.8) is 0 Å². The molecule has 5 heteroatoms. The molecule has 0 N–H and O–H groups in total. The van der Waals surface area contributed by atoms with Crippen LogP contribution in [0.25, 0.3) is 0 Å². The number of halogens is 1. The molecule has 1 aromatic heterocycles. The van der Waals surface area contributed by atoms with E-state index in [2.05, 4.69) is 15.9 Å². The van der Waals surface area contributed by atoms with Gasteiger partial charge in [0.2, 0.25) is 0 Å². The summed E-state index contributed by atoms with van der Waals surface area (Å²) in [5.41, 5.74) is -0.308. The standard InChI is InChI=1S/C12H16BrNO3/c1-8-6-14(7-12(2,3)17-8)11(15)9-4-5-10(13)16-9/h4-5,8H,6-7H2,1-3H3/t8-/m0/s1. The van der Waals surface area contributed by atoms with Crippen LogP contribution in [0.4, 0.5) is 0 Å². The maximum absolute atomic E-state index is 12.2. The molecule has 0 radical (unpaired) electrons. The smallest absolute Gasteiger partial charge is 0.289 e. The zero-order valence-corrected chi connectivity index (χ0v) is 11.8. The first-order valence-corrected chi connectivity index (χ1v) is 6.39. The molecule has 1 atom stereocenters. The minimum atomic E-state index is -0.308. The van der Waals surface area contributed by atoms with Crippen LogP contribution in [-0.4, -0.2) is 35.6 Å². The van der Waals surface area contributed by atoms with E-state index >= 15 is 0 Å². The van der Waals surface area contributed by atoms with E-state index in [1.165, 1.54) is 0 Å². The molecule has 17 heavy (non-hydrogen) atoms. The van der Waals surface area contributed by atoms with E-state index in [1.54, 1.807) is 17.0 Å². The number of morpholine rings is 1. The molecule has 1 amide bonds. The summed E-state index contributed by atoms with van der Waals surface area (Å²) >= 11 is 3.20. The number of furan rings is 1. The zero-order chi connectivity index (χ0) is 12.6. The van der Waals surface area contributed by atoms with E-state index in [-0.39, 0.29) is 17.6 Å². The number of hydrogen-bond donors (Lipinski definition) is 0. The van der Waals surface area contributed by atoms with Gasteiger partial charge in [-0.2, -0.15) is 0 Å². The second kappa shape index (κ2) is 4.46. The predicted octanol–water partition coefficient (Wildman–Crippen LogP) is 2.68. The number of hydrogen-bond acceptors (Lipinski definition) is 3. The van der Waals surface area contributed by atoms with Gasteiger partial charge in [0, 0.05) is 13.1 Å². The molecule has 4 nitrogen and oxygen atoms in total. The summed E-state index contributed by atoms with van der Waals surface area (Å²) in [4.78, 5) is 14.0. The summed E-state index contributed by atoms with van der Waals surface area (Å²) < 4.78 is 11.6. The van der Waals surface area contributed by atoms with Crippen LogP contribution in [0.5, 0.6) is 0 Å². The fraction of sp³-hybridized carbons (Fsp3) is 0.583. The molecule has 1 aliphatic heterocycles. The first kappa shape index (κ1) is 12.6. The largest absolute Gasteiger partial charge is 0.444 e. The van der Waals surface area contributed by atoms with Gasteiger partial charge in [-0.1, -0.05) is 0 Å². The van der Waals surface area contributed by atoms with Crippen LogP contribution in [0.1, 0.15) is 31.3 Å². The summed E-state index contributed by atoms with van der Waals surface area (Å²) in [6, 6.07) is 3.40. The SMILES string of the molecule is C[C@H]1CN(C(=O)c2ccc(Br)o2)CC(C)(C)O1. The number of amides is 1. The molecule has 1 saturated heterocycles.